The fourth-order valence-corrected chi connectivity index (χ4v) is 3.47. The lowest BCUT2D eigenvalue weighted by atomic mass is 10.1. The highest BCUT2D eigenvalue weighted by molar-refractivity contribution is 6.07. The maximum Gasteiger partial charge on any atom is 0.269 e. The molecule has 0 radical (unpaired) electrons. The largest absolute Gasteiger partial charge is 0.308 e. The number of nitrogens with zero attached hydrogens (tertiary/aromatic N) is 3. The van der Waals surface area contributed by atoms with Crippen LogP contribution in [0.15, 0.2) is 91.1 Å². The number of carbonyl (C=O) groups excluding carboxylic acids is 1. The Morgan fingerprint density at radius 3 is 2.43 bits per heavy atom. The number of fused-ring (bicyclic) bond motifs is 2. The van der Waals surface area contributed by atoms with Gasteiger partial charge in [0.1, 0.15) is 0 Å². The van der Waals surface area contributed by atoms with E-state index in [1.807, 2.05) is 48.7 Å². The number of nitro benzene ring substituents is 1. The van der Waals surface area contributed by atoms with Crippen LogP contribution in [0.2, 0.25) is 0 Å². The molecule has 2 heterocycles. The normalized spacial score (nSPS) is 12.1. The summed E-state index contributed by atoms with van der Waals surface area (Å²) < 4.78 is 0. The Labute approximate surface area is 173 Å². The summed E-state index contributed by atoms with van der Waals surface area (Å²) in [6, 6.07) is 25.8. The summed E-state index contributed by atoms with van der Waals surface area (Å²) in [5.74, 6) is -0.0711. The highest BCUT2D eigenvalue weighted by atomic mass is 16.6. The molecule has 0 saturated heterocycles. The summed E-state index contributed by atoms with van der Waals surface area (Å²) >= 11 is 0. The molecule has 0 spiro atoms. The molecule has 1 aliphatic rings. The molecule has 1 aliphatic heterocycles. The lowest BCUT2D eigenvalue weighted by Gasteiger charge is -2.17. The molecule has 1 amide bonds. The maximum atomic E-state index is 12.4. The summed E-state index contributed by atoms with van der Waals surface area (Å²) in [6.45, 7) is 0.560. The summed E-state index contributed by atoms with van der Waals surface area (Å²) in [4.78, 5) is 28.6. The fraction of sp³-hybridized carbons (Fsp3) is 0.0833. The summed E-state index contributed by atoms with van der Waals surface area (Å²) in [6.07, 6.45) is 2.46. The van der Waals surface area contributed by atoms with Crippen LogP contribution in [0.1, 0.15) is 15.9 Å². The number of nitro groups is 1. The van der Waals surface area contributed by atoms with Gasteiger partial charge in [-0.2, -0.15) is 0 Å². The predicted molar refractivity (Wildman–Crippen MR) is 117 cm³/mol. The first-order chi connectivity index (χ1) is 14.6. The average molecular weight is 397 g/mol. The Balaban J connectivity index is 0.000000181. The summed E-state index contributed by atoms with van der Waals surface area (Å²) in [5, 5.41) is 12.0. The molecule has 30 heavy (non-hydrogen) atoms. The molecule has 4 aromatic rings. The summed E-state index contributed by atoms with van der Waals surface area (Å²) in [7, 11) is 0. The van der Waals surface area contributed by atoms with E-state index >= 15 is 0 Å². The van der Waals surface area contributed by atoms with Crippen LogP contribution in [0.25, 0.3) is 10.9 Å². The van der Waals surface area contributed by atoms with Gasteiger partial charge >= 0.3 is 0 Å². The van der Waals surface area contributed by atoms with E-state index in [9.17, 15) is 14.9 Å². The molecule has 6 nitrogen and oxygen atoms in total. The standard InChI is InChI=1S/C15H12N2O3.C9H7N/c18-15(11-4-2-1-3-5-11)16-9-8-12-10-13(17(19)20)6-7-14(12)16;1-2-6-9-8(4-1)5-3-7-10-9/h1-7,10H,8-9H2;1-7H. The van der Waals surface area contributed by atoms with E-state index in [2.05, 4.69) is 17.1 Å². The van der Waals surface area contributed by atoms with Gasteiger partial charge in [0.25, 0.3) is 11.6 Å². The third-order valence-corrected chi connectivity index (χ3v) is 4.95. The lowest BCUT2D eigenvalue weighted by Crippen LogP contribution is -2.28. The highest BCUT2D eigenvalue weighted by Gasteiger charge is 2.26. The van der Waals surface area contributed by atoms with Gasteiger partial charge in [-0.25, -0.2) is 0 Å². The minimum Gasteiger partial charge on any atom is -0.308 e. The van der Waals surface area contributed by atoms with Crippen molar-refractivity contribution in [3.8, 4) is 0 Å². The quantitative estimate of drug-likeness (QED) is 0.351. The van der Waals surface area contributed by atoms with Crippen molar-refractivity contribution in [2.24, 2.45) is 0 Å². The number of para-hydroxylation sites is 1. The fourth-order valence-electron chi connectivity index (χ4n) is 3.47. The van der Waals surface area contributed by atoms with Gasteiger partial charge in [0, 0.05) is 41.5 Å². The van der Waals surface area contributed by atoms with Crippen molar-refractivity contribution < 1.29 is 9.72 Å². The van der Waals surface area contributed by atoms with E-state index in [0.29, 0.717) is 18.5 Å². The van der Waals surface area contributed by atoms with Crippen LogP contribution in [-0.4, -0.2) is 22.4 Å². The number of amides is 1. The molecular formula is C24H19N3O3. The molecule has 1 aromatic heterocycles. The molecule has 5 rings (SSSR count). The maximum absolute atomic E-state index is 12.4. The average Bonchev–Trinajstić information content (AvgIpc) is 3.23. The van der Waals surface area contributed by atoms with Crippen LogP contribution in [0.5, 0.6) is 0 Å². The van der Waals surface area contributed by atoms with Gasteiger partial charge in [0.15, 0.2) is 0 Å². The van der Waals surface area contributed by atoms with E-state index < -0.39 is 4.92 Å². The minimum atomic E-state index is -0.415. The van der Waals surface area contributed by atoms with Gasteiger partial charge in [0.05, 0.1) is 10.4 Å². The van der Waals surface area contributed by atoms with E-state index in [1.165, 1.54) is 11.5 Å². The number of benzene rings is 3. The molecule has 0 unspecified atom stereocenters. The first kappa shape index (κ1) is 19.3. The predicted octanol–water partition coefficient (Wildman–Crippen LogP) is 5.03. The number of non-ortho nitro benzene ring substituents is 1. The van der Waals surface area contributed by atoms with Gasteiger partial charge in [0.2, 0.25) is 0 Å². The molecule has 6 heteroatoms. The minimum absolute atomic E-state index is 0.0674. The van der Waals surface area contributed by atoms with Crippen LogP contribution >= 0.6 is 0 Å². The second kappa shape index (κ2) is 8.53. The molecule has 0 aliphatic carbocycles. The second-order valence-corrected chi connectivity index (χ2v) is 6.84. The number of carbonyl (C=O) groups is 1. The van der Waals surface area contributed by atoms with E-state index in [4.69, 9.17) is 0 Å². The van der Waals surface area contributed by atoms with Crippen molar-refractivity contribution in [3.63, 3.8) is 0 Å². The zero-order valence-electron chi connectivity index (χ0n) is 16.1. The zero-order valence-corrected chi connectivity index (χ0v) is 16.1. The highest BCUT2D eigenvalue weighted by Crippen LogP contribution is 2.32. The Kier molecular flexibility index (Phi) is 5.48. The number of aromatic nitrogens is 1. The van der Waals surface area contributed by atoms with Crippen LogP contribution in [0, 0.1) is 10.1 Å². The van der Waals surface area contributed by atoms with Crippen molar-refractivity contribution in [2.45, 2.75) is 6.42 Å². The smallest absolute Gasteiger partial charge is 0.269 e. The Morgan fingerprint density at radius 2 is 1.67 bits per heavy atom. The molecule has 0 N–H and O–H groups in total. The first-order valence-corrected chi connectivity index (χ1v) is 9.57. The molecule has 0 bridgehead atoms. The summed E-state index contributed by atoms with van der Waals surface area (Å²) in [5.41, 5.74) is 3.37. The van der Waals surface area contributed by atoms with Crippen LogP contribution < -0.4 is 4.90 Å². The van der Waals surface area contributed by atoms with E-state index in [0.717, 1.165) is 16.8 Å². The van der Waals surface area contributed by atoms with Crippen molar-refractivity contribution in [2.75, 3.05) is 11.4 Å². The van der Waals surface area contributed by atoms with Crippen molar-refractivity contribution >= 4 is 28.2 Å². The SMILES string of the molecule is O=C(c1ccccc1)N1CCc2cc([N+](=O)[O-])ccc21.c1ccc2ncccc2c1. The first-order valence-electron chi connectivity index (χ1n) is 9.57. The Bertz CT molecular complexity index is 1140. The number of hydrogen-bond acceptors (Lipinski definition) is 4. The topological polar surface area (TPSA) is 76.3 Å². The van der Waals surface area contributed by atoms with Gasteiger partial charge < -0.3 is 4.90 Å². The van der Waals surface area contributed by atoms with E-state index in [1.54, 1.807) is 29.2 Å². The Morgan fingerprint density at radius 1 is 0.933 bits per heavy atom. The number of pyridine rings is 1. The molecule has 3 aromatic carbocycles. The van der Waals surface area contributed by atoms with Crippen molar-refractivity contribution in [1.29, 1.82) is 0 Å². The third-order valence-electron chi connectivity index (χ3n) is 4.95. The van der Waals surface area contributed by atoms with Gasteiger partial charge in [-0.3, -0.25) is 19.9 Å². The Hall–Kier alpha value is -4.06. The number of hydrogen-bond donors (Lipinski definition) is 0. The molecular weight excluding hydrogens is 378 g/mol. The van der Waals surface area contributed by atoms with Crippen molar-refractivity contribution in [3.05, 3.63) is 112 Å². The number of rotatable bonds is 2. The van der Waals surface area contributed by atoms with Crippen LogP contribution in [-0.2, 0) is 6.42 Å². The lowest BCUT2D eigenvalue weighted by molar-refractivity contribution is -0.384. The van der Waals surface area contributed by atoms with Gasteiger partial charge in [-0.1, -0.05) is 42.5 Å². The van der Waals surface area contributed by atoms with Gasteiger partial charge in [-0.15, -0.1) is 0 Å². The molecule has 0 fully saturated rings. The zero-order chi connectivity index (χ0) is 20.9. The third kappa shape index (κ3) is 4.03. The number of anilines is 1. The molecule has 0 saturated carbocycles. The second-order valence-electron chi connectivity index (χ2n) is 6.84. The molecule has 148 valence electrons. The van der Waals surface area contributed by atoms with Crippen LogP contribution in [0.4, 0.5) is 11.4 Å². The van der Waals surface area contributed by atoms with Crippen molar-refractivity contribution in [1.82, 2.24) is 4.98 Å². The van der Waals surface area contributed by atoms with Gasteiger partial charge in [-0.05, 0) is 42.3 Å². The monoisotopic (exact) mass is 397 g/mol. The van der Waals surface area contributed by atoms with E-state index in [-0.39, 0.29) is 11.6 Å². The molecule has 0 atom stereocenters. The van der Waals surface area contributed by atoms with Crippen LogP contribution in [0.3, 0.4) is 0 Å².